The molecule has 0 unspecified atom stereocenters. The van der Waals surface area contributed by atoms with Gasteiger partial charge in [-0.1, -0.05) is 195 Å². The number of nitrogens with zero attached hydrogens (tertiary/aromatic N) is 4. The van der Waals surface area contributed by atoms with Gasteiger partial charge in [0.1, 0.15) is 19.6 Å². The van der Waals surface area contributed by atoms with Crippen LogP contribution in [-0.4, -0.2) is 181 Å². The third-order valence-corrected chi connectivity index (χ3v) is 22.7. The van der Waals surface area contributed by atoms with Gasteiger partial charge in [0.05, 0.1) is 79.3 Å². The molecule has 0 saturated carbocycles. The minimum atomic E-state index is -1.86. The molecule has 1 radical (unpaired) electrons. The van der Waals surface area contributed by atoms with Crippen LogP contribution in [0.5, 0.6) is 0 Å². The summed E-state index contributed by atoms with van der Waals surface area (Å²) in [5.41, 5.74) is 0. The summed E-state index contributed by atoms with van der Waals surface area (Å²) in [5, 5.41) is 0. The van der Waals surface area contributed by atoms with Crippen LogP contribution in [0.15, 0.2) is 0 Å². The second-order valence-electron chi connectivity index (χ2n) is 22.0. The fourth-order valence-corrected chi connectivity index (χ4v) is 30.1. The quantitative estimate of drug-likeness (QED) is 0.384. The van der Waals surface area contributed by atoms with E-state index in [0.29, 0.717) is 59.5 Å². The van der Waals surface area contributed by atoms with Crippen molar-refractivity contribution < 1.29 is 98.7 Å². The van der Waals surface area contributed by atoms with Crippen LogP contribution >= 0.6 is 0 Å². The van der Waals surface area contributed by atoms with Crippen molar-refractivity contribution in [3.05, 3.63) is 13.9 Å². The molecule has 12 nitrogen and oxygen atoms in total. The average molecular weight is 1090 g/mol. The Bertz CT molecular complexity index is 784. The van der Waals surface area contributed by atoms with Crippen LogP contribution in [0.25, 0.3) is 13.9 Å². The minimum absolute atomic E-state index is 0. The van der Waals surface area contributed by atoms with Crippen molar-refractivity contribution in [2.45, 2.75) is 137 Å². The van der Waals surface area contributed by atoms with E-state index in [4.69, 9.17) is 42.4 Å². The van der Waals surface area contributed by atoms with E-state index in [1.54, 1.807) is 19.6 Å². The third-order valence-electron chi connectivity index (χ3n) is 6.58. The maximum Gasteiger partial charge on any atom is 3.00 e. The maximum atomic E-state index is 10.2. The van der Waals surface area contributed by atoms with Crippen LogP contribution < -0.4 is 28.6 Å². The van der Waals surface area contributed by atoms with Crippen LogP contribution in [-0.2, 0) is 28.4 Å². The van der Waals surface area contributed by atoms with Crippen molar-refractivity contribution >= 4 is 57.7 Å². The van der Waals surface area contributed by atoms with Crippen LogP contribution in [0.2, 0.25) is 137 Å². The molecule has 60 heavy (non-hydrogen) atoms. The fourth-order valence-electron chi connectivity index (χ4n) is 5.93. The summed E-state index contributed by atoms with van der Waals surface area (Å²) < 4.78 is 48.7. The molecular weight excluding hydrogens is 994 g/mol. The number of hydrogen-bond donors (Lipinski definition) is 1. The molecule has 0 atom stereocenters. The molecule has 3 saturated heterocycles. The Balaban J connectivity index is -0.000000245. The largest absolute Gasteiger partial charge is 3.00 e. The van der Waals surface area contributed by atoms with E-state index in [0.717, 1.165) is 59.1 Å². The van der Waals surface area contributed by atoms with E-state index in [1.807, 2.05) is 0 Å². The van der Waals surface area contributed by atoms with E-state index < -0.39 is 57.7 Å². The third kappa shape index (κ3) is 75.3. The van der Waals surface area contributed by atoms with Crippen molar-refractivity contribution in [2.24, 2.45) is 0 Å². The topological polar surface area (TPSA) is 128 Å². The monoisotopic (exact) mass is 1090 g/mol. The Labute approximate surface area is 427 Å². The van der Waals surface area contributed by atoms with Crippen LogP contribution in [0, 0.1) is 41.7 Å². The van der Waals surface area contributed by atoms with E-state index in [2.05, 4.69) is 123 Å². The summed E-state index contributed by atoms with van der Waals surface area (Å²) in [7, 11) is -8.50. The summed E-state index contributed by atoms with van der Waals surface area (Å²) in [5.74, 6) is 0. The number of fused-ring (bicyclic) bond motifs is 21. The first kappa shape index (κ1) is 72.0. The number of rotatable bonds is 6. The second kappa shape index (κ2) is 37.9. The molecule has 0 aromatic heterocycles. The molecule has 1 N–H and O–H groups in total. The molecule has 21 heteroatoms. The molecule has 3 rings (SSSR count). The molecule has 3 aliphatic heterocycles. The molecule has 0 aromatic carbocycles. The Morgan fingerprint density at radius 2 is 0.517 bits per heavy atom. The molecule has 3 aliphatic rings. The summed E-state index contributed by atoms with van der Waals surface area (Å²) >= 11 is 0. The van der Waals surface area contributed by atoms with E-state index >= 15 is 0 Å². The second-order valence-corrected chi connectivity index (χ2v) is 54.9. The molecule has 3 heterocycles. The summed E-state index contributed by atoms with van der Waals surface area (Å²) in [4.78, 5) is 14.0. The number of nitrogens with one attached hydrogen (secondary N) is 1. The Hall–Kier alpha value is 3.01. The summed E-state index contributed by atoms with van der Waals surface area (Å²) in [6.07, 6.45) is 0. The zero-order valence-electron chi connectivity index (χ0n) is 43.9. The number of quaternary nitrogens is 1. The molecule has 0 aliphatic carbocycles. The van der Waals surface area contributed by atoms with Crippen molar-refractivity contribution in [1.29, 1.82) is 0 Å². The smallest absolute Gasteiger partial charge is 0.859 e. The Morgan fingerprint density at radius 3 is 0.667 bits per heavy atom. The zero-order valence-corrected chi connectivity index (χ0v) is 54.0. The minimum Gasteiger partial charge on any atom is -0.859 e. The molecule has 0 aromatic rings. The van der Waals surface area contributed by atoms with E-state index in [9.17, 15) is 4.80 Å². The van der Waals surface area contributed by atoms with Crippen molar-refractivity contribution in [3.63, 3.8) is 0 Å². The van der Waals surface area contributed by atoms with Crippen molar-refractivity contribution in [2.75, 3.05) is 119 Å². The van der Waals surface area contributed by atoms with Crippen molar-refractivity contribution in [3.8, 4) is 0 Å². The molecule has 0 spiro atoms. The van der Waals surface area contributed by atoms with Gasteiger partial charge in [0.2, 0.25) is 0 Å². The van der Waals surface area contributed by atoms with Gasteiger partial charge in [-0.2, -0.15) is 0 Å². The van der Waals surface area contributed by atoms with Gasteiger partial charge in [-0.05, 0) is 0 Å². The summed E-state index contributed by atoms with van der Waals surface area (Å²) in [6, 6.07) is 0. The van der Waals surface area contributed by atoms with Gasteiger partial charge in [0, 0.05) is 19.6 Å². The van der Waals surface area contributed by atoms with Gasteiger partial charge in [0.15, 0.2) is 0 Å². The van der Waals surface area contributed by atoms with Crippen molar-refractivity contribution in [1.82, 2.24) is 4.90 Å². The first-order valence-corrected chi connectivity index (χ1v) is 46.1. The van der Waals surface area contributed by atoms with Gasteiger partial charge < -0.3 is 52.1 Å². The van der Waals surface area contributed by atoms with Gasteiger partial charge in [-0.25, -0.2) is 0 Å². The first-order chi connectivity index (χ1) is 26.1. The molecule has 0 amide bonds. The normalized spacial score (nSPS) is 20.5. The molecular formula is C39H100CeLiN5O7Si7+. The maximum absolute atomic E-state index is 10.2. The Kier molecular flexibility index (Phi) is 45.5. The SMILES string of the molecule is C1COCC[NH+]2CCOCCOCCN(CCO1)CCOCCOCC2.C[Si](C)(C)[N-][Si](C)(C)C.C[Si](C)(C)[N-][Si](C)(C)C.C[Si](C)(C)[N-][Si](C)(C)C.C[Si](C)(C)[O-].[Ce+3].[Li+]. The van der Waals surface area contributed by atoms with E-state index in [-0.39, 0.29) is 60.6 Å². The standard InChI is InChI=1S/C18H36N2O6.3C6H18NSi2.C3H9OSi.Ce.Li/c1-7-21-13-14-24-10-4-20-5-11-25-17-15-22-8-2-19(1)3-9-23-16-18-26-12-6-20;3*1-8(2,3)7-9(4,5)6;1-5(2,3)4;;/h1-18H2;3*1-6H3;1-3H3;;/q;4*-1;+3;+1/p+1. The molecule has 2 bridgehead atoms. The Morgan fingerprint density at radius 1 is 0.350 bits per heavy atom. The predicted octanol–water partition coefficient (Wildman–Crippen LogP) is 4.58. The number of hydrogen-bond acceptors (Lipinski definition) is 8. The van der Waals surface area contributed by atoms with Gasteiger partial charge in [0.25, 0.3) is 0 Å². The first-order valence-electron chi connectivity index (χ1n) is 22.0. The average Bonchev–Trinajstić information content (AvgIpc) is 2.94. The van der Waals surface area contributed by atoms with Gasteiger partial charge >= 0.3 is 60.6 Å². The predicted molar refractivity (Wildman–Crippen MR) is 270 cm³/mol. The van der Waals surface area contributed by atoms with E-state index in [1.165, 1.54) is 4.90 Å². The summed E-state index contributed by atoms with van der Waals surface area (Å²) in [6.45, 7) is 60.3. The molecule has 3 fully saturated rings. The van der Waals surface area contributed by atoms with Crippen LogP contribution in [0.3, 0.4) is 0 Å². The van der Waals surface area contributed by atoms with Gasteiger partial charge in [-0.15, -0.1) is 0 Å². The number of ether oxygens (including phenoxy) is 6. The van der Waals surface area contributed by atoms with Crippen LogP contribution in [0.1, 0.15) is 0 Å². The fraction of sp³-hybridized carbons (Fsp3) is 1.00. The van der Waals surface area contributed by atoms with Gasteiger partial charge in [-0.3, -0.25) is 4.90 Å². The van der Waals surface area contributed by atoms with Crippen LogP contribution in [0.4, 0.5) is 0 Å². The molecule has 355 valence electrons. The zero-order chi connectivity index (χ0) is 45.7.